The molecular formula is C9H10INO3. The first-order valence-electron chi connectivity index (χ1n) is 3.99. The summed E-state index contributed by atoms with van der Waals surface area (Å²) in [5.41, 5.74) is 6.27. The number of rotatable bonds is 4. The molecule has 1 rings (SSSR count). The number of hydrogen-bond donors (Lipinski definition) is 2. The Morgan fingerprint density at radius 2 is 2.07 bits per heavy atom. The van der Waals surface area contributed by atoms with Gasteiger partial charge in [-0.25, -0.2) is 0 Å². The zero-order valence-corrected chi connectivity index (χ0v) is 9.47. The predicted molar refractivity (Wildman–Crippen MR) is 60.4 cm³/mol. The Bertz CT molecular complexity index is 312. The second kappa shape index (κ2) is 5.16. The molecule has 14 heavy (non-hydrogen) atoms. The van der Waals surface area contributed by atoms with Crippen molar-refractivity contribution in [1.29, 1.82) is 0 Å². The van der Waals surface area contributed by atoms with E-state index in [1.807, 2.05) is 0 Å². The Labute approximate surface area is 95.7 Å². The number of carboxylic acids is 1. The summed E-state index contributed by atoms with van der Waals surface area (Å²) in [6, 6.07) is 6.31. The summed E-state index contributed by atoms with van der Waals surface area (Å²) in [5, 5.41) is 8.59. The molecular weight excluding hydrogens is 297 g/mol. The largest absolute Gasteiger partial charge is 0.480 e. The molecule has 0 aliphatic carbocycles. The number of halogens is 1. The molecule has 0 bridgehead atoms. The van der Waals surface area contributed by atoms with Crippen LogP contribution in [0, 0.1) is 0 Å². The first-order valence-corrected chi connectivity index (χ1v) is 4.87. The van der Waals surface area contributed by atoms with Crippen molar-refractivity contribution in [3.8, 4) is 5.75 Å². The molecule has 0 heterocycles. The van der Waals surface area contributed by atoms with Crippen LogP contribution in [0.3, 0.4) is 0 Å². The van der Waals surface area contributed by atoms with E-state index in [-0.39, 0.29) is 0 Å². The van der Waals surface area contributed by atoms with E-state index in [2.05, 4.69) is 0 Å². The first kappa shape index (κ1) is 11.3. The Morgan fingerprint density at radius 3 is 2.50 bits per heavy atom. The molecule has 0 saturated heterocycles. The van der Waals surface area contributed by atoms with Crippen LogP contribution in [0.4, 0.5) is 0 Å². The van der Waals surface area contributed by atoms with Gasteiger partial charge in [0.1, 0.15) is 11.8 Å². The molecule has 0 unspecified atom stereocenters. The van der Waals surface area contributed by atoms with E-state index in [1.165, 1.54) is 0 Å². The van der Waals surface area contributed by atoms with Crippen LogP contribution in [0.15, 0.2) is 24.3 Å². The fourth-order valence-electron chi connectivity index (χ4n) is 1.02. The van der Waals surface area contributed by atoms with Gasteiger partial charge in [0.15, 0.2) is 23.0 Å². The molecule has 0 fully saturated rings. The number of carbonyl (C=O) groups is 1. The predicted octanol–water partition coefficient (Wildman–Crippen LogP) is 1.37. The lowest BCUT2D eigenvalue weighted by Crippen LogP contribution is -2.32. The van der Waals surface area contributed by atoms with E-state index >= 15 is 0 Å². The van der Waals surface area contributed by atoms with Crippen LogP contribution in [0.1, 0.15) is 5.56 Å². The van der Waals surface area contributed by atoms with Crippen molar-refractivity contribution < 1.29 is 13.0 Å². The number of hydrogen-bond acceptors (Lipinski definition) is 3. The van der Waals surface area contributed by atoms with Gasteiger partial charge in [-0.05, 0) is 24.1 Å². The molecule has 3 N–H and O–H groups in total. The summed E-state index contributed by atoms with van der Waals surface area (Å²) < 4.78 is 4.94. The van der Waals surface area contributed by atoms with Crippen LogP contribution in [-0.2, 0) is 11.2 Å². The van der Waals surface area contributed by atoms with E-state index in [4.69, 9.17) is 13.9 Å². The van der Waals surface area contributed by atoms with Gasteiger partial charge in [-0.2, -0.15) is 0 Å². The standard InChI is InChI=1S/C9H10INO3/c10-14-7-3-1-6(2-4-7)5-8(11)9(12)13/h1-4,8H,5,11H2,(H,12,13)/t8-/m0/s1. The molecule has 0 spiro atoms. The second-order valence-corrected chi connectivity index (χ2v) is 3.31. The van der Waals surface area contributed by atoms with Crippen molar-refractivity contribution in [3.05, 3.63) is 29.8 Å². The highest BCUT2D eigenvalue weighted by molar-refractivity contribution is 14.1. The summed E-state index contributed by atoms with van der Waals surface area (Å²) in [6.07, 6.45) is 0.330. The SMILES string of the molecule is N[C@@H](Cc1ccc(OI)cc1)C(=O)O. The summed E-state index contributed by atoms with van der Waals surface area (Å²) in [7, 11) is 0. The van der Waals surface area contributed by atoms with Gasteiger partial charge in [0, 0.05) is 0 Å². The highest BCUT2D eigenvalue weighted by atomic mass is 127. The quantitative estimate of drug-likeness (QED) is 0.824. The minimum Gasteiger partial charge on any atom is -0.480 e. The number of nitrogens with two attached hydrogens (primary N) is 1. The topological polar surface area (TPSA) is 72.5 Å². The summed E-state index contributed by atoms with van der Waals surface area (Å²) in [6.45, 7) is 0. The summed E-state index contributed by atoms with van der Waals surface area (Å²) in [5.74, 6) is -0.252. The number of aliphatic carboxylic acids is 1. The average molecular weight is 307 g/mol. The molecule has 5 heteroatoms. The molecule has 76 valence electrons. The highest BCUT2D eigenvalue weighted by Crippen LogP contribution is 2.14. The fraction of sp³-hybridized carbons (Fsp3) is 0.222. The summed E-state index contributed by atoms with van der Waals surface area (Å²) in [4.78, 5) is 10.5. The van der Waals surface area contributed by atoms with Crippen molar-refractivity contribution in [2.45, 2.75) is 12.5 Å². The smallest absolute Gasteiger partial charge is 0.320 e. The molecule has 0 aliphatic heterocycles. The monoisotopic (exact) mass is 307 g/mol. The molecule has 1 aromatic rings. The van der Waals surface area contributed by atoms with Crippen LogP contribution < -0.4 is 8.80 Å². The van der Waals surface area contributed by atoms with Crippen molar-refractivity contribution >= 4 is 29.0 Å². The minimum absolute atomic E-state index is 0.330. The normalized spacial score (nSPS) is 12.1. The fourth-order valence-corrected chi connectivity index (χ4v) is 1.31. The Morgan fingerprint density at radius 1 is 1.50 bits per heavy atom. The first-order chi connectivity index (χ1) is 6.63. The maximum Gasteiger partial charge on any atom is 0.320 e. The summed E-state index contributed by atoms with van der Waals surface area (Å²) >= 11 is 1.78. The van der Waals surface area contributed by atoms with Crippen molar-refractivity contribution in [3.63, 3.8) is 0 Å². The second-order valence-electron chi connectivity index (χ2n) is 2.87. The van der Waals surface area contributed by atoms with Gasteiger partial charge < -0.3 is 13.9 Å². The Hall–Kier alpha value is -0.820. The lowest BCUT2D eigenvalue weighted by atomic mass is 10.1. The van der Waals surface area contributed by atoms with Gasteiger partial charge in [0.05, 0.1) is 0 Å². The van der Waals surface area contributed by atoms with Crippen molar-refractivity contribution in [2.75, 3.05) is 0 Å². The lowest BCUT2D eigenvalue weighted by molar-refractivity contribution is -0.138. The van der Waals surface area contributed by atoms with Crippen LogP contribution >= 0.6 is 23.0 Å². The van der Waals surface area contributed by atoms with E-state index in [0.29, 0.717) is 6.42 Å². The Kier molecular flexibility index (Phi) is 4.15. The maximum atomic E-state index is 10.5. The third-order valence-electron chi connectivity index (χ3n) is 1.79. The van der Waals surface area contributed by atoms with Crippen LogP contribution in [0.25, 0.3) is 0 Å². The number of carboxylic acid groups (broad SMARTS) is 1. The van der Waals surface area contributed by atoms with Gasteiger partial charge in [-0.1, -0.05) is 12.1 Å². The lowest BCUT2D eigenvalue weighted by Gasteiger charge is -2.06. The van der Waals surface area contributed by atoms with Gasteiger partial charge in [0.25, 0.3) is 0 Å². The zero-order chi connectivity index (χ0) is 10.6. The molecule has 0 amide bonds. The van der Waals surface area contributed by atoms with E-state index in [9.17, 15) is 4.79 Å². The highest BCUT2D eigenvalue weighted by Gasteiger charge is 2.11. The van der Waals surface area contributed by atoms with Gasteiger partial charge in [0.2, 0.25) is 0 Å². The van der Waals surface area contributed by atoms with Crippen LogP contribution in [0.2, 0.25) is 0 Å². The van der Waals surface area contributed by atoms with Crippen molar-refractivity contribution in [2.24, 2.45) is 5.73 Å². The molecule has 0 aliphatic rings. The Balaban J connectivity index is 2.64. The van der Waals surface area contributed by atoms with E-state index in [1.54, 1.807) is 47.3 Å². The maximum absolute atomic E-state index is 10.5. The molecule has 0 saturated carbocycles. The van der Waals surface area contributed by atoms with Crippen LogP contribution in [0.5, 0.6) is 5.75 Å². The third-order valence-corrected chi connectivity index (χ3v) is 2.29. The van der Waals surface area contributed by atoms with Gasteiger partial charge in [-0.15, -0.1) is 0 Å². The van der Waals surface area contributed by atoms with Crippen molar-refractivity contribution in [1.82, 2.24) is 0 Å². The molecule has 1 aromatic carbocycles. The molecule has 0 aromatic heterocycles. The van der Waals surface area contributed by atoms with E-state index < -0.39 is 12.0 Å². The zero-order valence-electron chi connectivity index (χ0n) is 7.31. The van der Waals surface area contributed by atoms with Gasteiger partial charge in [-0.3, -0.25) is 4.79 Å². The minimum atomic E-state index is -0.987. The average Bonchev–Trinajstić information content (AvgIpc) is 2.19. The third kappa shape index (κ3) is 3.15. The number of benzene rings is 1. The van der Waals surface area contributed by atoms with E-state index in [0.717, 1.165) is 11.3 Å². The van der Waals surface area contributed by atoms with Crippen LogP contribution in [-0.4, -0.2) is 17.1 Å². The molecule has 1 atom stereocenters. The molecule has 4 nitrogen and oxygen atoms in total. The van der Waals surface area contributed by atoms with Gasteiger partial charge >= 0.3 is 5.97 Å². The molecule has 0 radical (unpaired) electrons.